The molecule has 0 saturated heterocycles. The van der Waals surface area contributed by atoms with Crippen molar-refractivity contribution in [2.45, 2.75) is 32.0 Å². The normalized spacial score (nSPS) is 11.4. The Morgan fingerprint density at radius 3 is 2.39 bits per heavy atom. The number of alkyl halides is 3. The summed E-state index contributed by atoms with van der Waals surface area (Å²) in [7, 11) is 0. The van der Waals surface area contributed by atoms with Crippen LogP contribution in [-0.2, 0) is 36.8 Å². The van der Waals surface area contributed by atoms with E-state index in [-0.39, 0.29) is 18.8 Å². The average Bonchev–Trinajstić information content (AvgIpc) is 3.25. The van der Waals surface area contributed by atoms with E-state index >= 15 is 0 Å². The third-order valence-electron chi connectivity index (χ3n) is 5.57. The Hall–Kier alpha value is -4.14. The number of rotatable bonds is 9. The molecule has 186 valence electrons. The summed E-state index contributed by atoms with van der Waals surface area (Å²) in [4.78, 5) is 11.0. The quantitative estimate of drug-likeness (QED) is 0.287. The molecule has 0 saturated carbocycles. The van der Waals surface area contributed by atoms with Crippen molar-refractivity contribution in [2.75, 3.05) is 0 Å². The molecule has 0 atom stereocenters. The van der Waals surface area contributed by atoms with E-state index < -0.39 is 17.7 Å². The third-order valence-corrected chi connectivity index (χ3v) is 5.57. The third kappa shape index (κ3) is 6.29. The minimum atomic E-state index is -4.44. The van der Waals surface area contributed by atoms with Gasteiger partial charge in [0.1, 0.15) is 18.2 Å². The molecule has 5 nitrogen and oxygen atoms in total. The maximum absolute atomic E-state index is 14.1. The first kappa shape index (κ1) is 25.0. The summed E-state index contributed by atoms with van der Waals surface area (Å²) in [6.07, 6.45) is -2.16. The second-order valence-corrected chi connectivity index (χ2v) is 8.19. The van der Waals surface area contributed by atoms with Crippen molar-refractivity contribution in [3.63, 3.8) is 0 Å². The van der Waals surface area contributed by atoms with Crippen LogP contribution in [0.3, 0.4) is 0 Å². The van der Waals surface area contributed by atoms with Crippen LogP contribution in [-0.4, -0.2) is 20.9 Å². The molecule has 4 aromatic rings. The van der Waals surface area contributed by atoms with Gasteiger partial charge in [0, 0.05) is 11.8 Å². The molecular formula is C27H22F4N2O3. The fourth-order valence-electron chi connectivity index (χ4n) is 3.75. The van der Waals surface area contributed by atoms with E-state index in [4.69, 9.17) is 9.84 Å². The molecule has 3 aromatic carbocycles. The van der Waals surface area contributed by atoms with Gasteiger partial charge in [-0.1, -0.05) is 30.3 Å². The van der Waals surface area contributed by atoms with Gasteiger partial charge in [0.05, 0.1) is 23.4 Å². The summed E-state index contributed by atoms with van der Waals surface area (Å²) >= 11 is 0. The highest BCUT2D eigenvalue weighted by Gasteiger charge is 2.30. The van der Waals surface area contributed by atoms with Crippen LogP contribution in [0.1, 0.15) is 27.9 Å². The summed E-state index contributed by atoms with van der Waals surface area (Å²) in [5.74, 6) is -0.816. The smallest absolute Gasteiger partial charge is 0.416 e. The Morgan fingerprint density at radius 1 is 0.944 bits per heavy atom. The highest BCUT2D eigenvalue weighted by atomic mass is 19.4. The van der Waals surface area contributed by atoms with Gasteiger partial charge in [0.25, 0.3) is 0 Å². The topological polar surface area (TPSA) is 64.3 Å². The summed E-state index contributed by atoms with van der Waals surface area (Å²) in [6.45, 7) is 0.0871. The molecule has 1 heterocycles. The van der Waals surface area contributed by atoms with Gasteiger partial charge in [0.2, 0.25) is 0 Å². The number of aliphatic carboxylic acids is 1. The predicted octanol–water partition coefficient (Wildman–Crippen LogP) is 6.02. The first-order valence-corrected chi connectivity index (χ1v) is 11.1. The molecule has 0 aliphatic rings. The number of halogens is 4. The second kappa shape index (κ2) is 10.6. The van der Waals surface area contributed by atoms with Gasteiger partial charge in [-0.2, -0.15) is 18.3 Å². The zero-order valence-electron chi connectivity index (χ0n) is 19.0. The van der Waals surface area contributed by atoms with Crippen LogP contribution in [0.4, 0.5) is 17.6 Å². The Bertz CT molecular complexity index is 1350. The monoisotopic (exact) mass is 498 g/mol. The lowest BCUT2D eigenvalue weighted by molar-refractivity contribution is -0.138. The van der Waals surface area contributed by atoms with Crippen molar-refractivity contribution in [1.29, 1.82) is 0 Å². The number of hydrogen-bond acceptors (Lipinski definition) is 3. The van der Waals surface area contributed by atoms with Crippen LogP contribution >= 0.6 is 0 Å². The van der Waals surface area contributed by atoms with Gasteiger partial charge >= 0.3 is 12.1 Å². The Balaban J connectivity index is 1.58. The average molecular weight is 498 g/mol. The number of nitrogens with zero attached hydrogens (tertiary/aromatic N) is 2. The number of ether oxygens (including phenoxy) is 1. The van der Waals surface area contributed by atoms with E-state index in [0.29, 0.717) is 46.7 Å². The fraction of sp³-hybridized carbons (Fsp3) is 0.185. The minimum Gasteiger partial charge on any atom is -0.489 e. The number of carbonyl (C=O) groups is 1. The number of benzene rings is 3. The molecule has 0 spiro atoms. The van der Waals surface area contributed by atoms with Gasteiger partial charge in [-0.25, -0.2) is 9.07 Å². The first-order valence-electron chi connectivity index (χ1n) is 11.1. The van der Waals surface area contributed by atoms with Crippen LogP contribution in [0, 0.1) is 5.82 Å². The van der Waals surface area contributed by atoms with E-state index in [2.05, 4.69) is 5.10 Å². The van der Waals surface area contributed by atoms with Crippen LogP contribution in [0.5, 0.6) is 5.75 Å². The molecule has 1 aromatic heterocycles. The van der Waals surface area contributed by atoms with Gasteiger partial charge in [0.15, 0.2) is 0 Å². The molecule has 9 heteroatoms. The summed E-state index contributed by atoms with van der Waals surface area (Å²) in [6, 6.07) is 17.8. The predicted molar refractivity (Wildman–Crippen MR) is 124 cm³/mol. The molecule has 0 aliphatic heterocycles. The fourth-order valence-corrected chi connectivity index (χ4v) is 3.75. The van der Waals surface area contributed by atoms with Crippen LogP contribution in [0.25, 0.3) is 5.69 Å². The van der Waals surface area contributed by atoms with E-state index in [1.165, 1.54) is 22.9 Å². The molecule has 4 rings (SSSR count). The summed E-state index contributed by atoms with van der Waals surface area (Å²) in [5, 5.41) is 13.5. The zero-order valence-corrected chi connectivity index (χ0v) is 19.0. The molecule has 0 bridgehead atoms. The first-order chi connectivity index (χ1) is 17.2. The van der Waals surface area contributed by atoms with E-state index in [1.807, 2.05) is 0 Å². The van der Waals surface area contributed by atoms with Crippen LogP contribution in [0.2, 0.25) is 0 Å². The van der Waals surface area contributed by atoms with Crippen molar-refractivity contribution in [3.05, 3.63) is 113 Å². The summed E-state index contributed by atoms with van der Waals surface area (Å²) < 4.78 is 60.3. The van der Waals surface area contributed by atoms with E-state index in [9.17, 15) is 22.4 Å². The Kier molecular flexibility index (Phi) is 7.38. The van der Waals surface area contributed by atoms with E-state index in [0.717, 1.165) is 12.1 Å². The Morgan fingerprint density at radius 2 is 1.69 bits per heavy atom. The molecule has 1 N–H and O–H groups in total. The highest BCUT2D eigenvalue weighted by Crippen LogP contribution is 2.30. The maximum Gasteiger partial charge on any atom is 0.416 e. The number of aryl methyl sites for hydroxylation is 2. The largest absolute Gasteiger partial charge is 0.489 e. The molecule has 36 heavy (non-hydrogen) atoms. The molecule has 0 radical (unpaired) electrons. The lowest BCUT2D eigenvalue weighted by atomic mass is 10.1. The standard InChI is InChI=1S/C27H22F4N2O3/c28-24-7-2-1-5-19(24)8-13-25-20(17-36-23-6-3-4-18(14-23)15-26(34)35)16-33(32-25)22-11-9-21(10-12-22)27(29,30)31/h1-7,9-12,14,16H,8,13,15,17H2,(H,34,35). The number of carboxylic acid groups (broad SMARTS) is 1. The lowest BCUT2D eigenvalue weighted by Gasteiger charge is -2.08. The Labute approximate surface area is 204 Å². The molecule has 0 aliphatic carbocycles. The van der Waals surface area contributed by atoms with Gasteiger partial charge in [-0.3, -0.25) is 4.79 Å². The second-order valence-electron chi connectivity index (χ2n) is 8.19. The van der Waals surface area contributed by atoms with Crippen molar-refractivity contribution in [3.8, 4) is 11.4 Å². The molecule has 0 unspecified atom stereocenters. The van der Waals surface area contributed by atoms with Crippen molar-refractivity contribution < 1.29 is 32.2 Å². The number of carboxylic acids is 1. The van der Waals surface area contributed by atoms with Crippen LogP contribution in [0.15, 0.2) is 79.0 Å². The van der Waals surface area contributed by atoms with Gasteiger partial charge < -0.3 is 9.84 Å². The number of aromatic nitrogens is 2. The van der Waals surface area contributed by atoms with Crippen LogP contribution < -0.4 is 4.74 Å². The number of hydrogen-bond donors (Lipinski definition) is 1. The SMILES string of the molecule is O=C(O)Cc1cccc(OCc2cn(-c3ccc(C(F)(F)F)cc3)nc2CCc2ccccc2F)c1. The zero-order chi connectivity index (χ0) is 25.7. The van der Waals surface area contributed by atoms with E-state index in [1.54, 1.807) is 48.7 Å². The van der Waals surface area contributed by atoms with Crippen molar-refractivity contribution in [1.82, 2.24) is 9.78 Å². The summed E-state index contributed by atoms with van der Waals surface area (Å²) in [5.41, 5.74) is 2.07. The highest BCUT2D eigenvalue weighted by molar-refractivity contribution is 5.70. The molecule has 0 amide bonds. The molecule has 0 fully saturated rings. The van der Waals surface area contributed by atoms with Gasteiger partial charge in [-0.15, -0.1) is 0 Å². The van der Waals surface area contributed by atoms with Gasteiger partial charge in [-0.05, 0) is 66.4 Å². The lowest BCUT2D eigenvalue weighted by Crippen LogP contribution is -2.05. The minimum absolute atomic E-state index is 0.0871. The molecular weight excluding hydrogens is 476 g/mol. The van der Waals surface area contributed by atoms with Crippen molar-refractivity contribution >= 4 is 5.97 Å². The van der Waals surface area contributed by atoms with Crippen molar-refractivity contribution in [2.24, 2.45) is 0 Å². The maximum atomic E-state index is 14.1.